The molecule has 4 heteroatoms. The van der Waals surface area contributed by atoms with Crippen molar-refractivity contribution < 1.29 is 20.8 Å². The van der Waals surface area contributed by atoms with Gasteiger partial charge in [-0.15, -0.1) is 69.1 Å². The summed E-state index contributed by atoms with van der Waals surface area (Å²) in [4.78, 5) is 0. The topological polar surface area (TPSA) is 0 Å². The number of hydrogen-bond donors (Lipinski definition) is 0. The summed E-state index contributed by atoms with van der Waals surface area (Å²) in [6, 6.07) is 36.9. The van der Waals surface area contributed by atoms with E-state index in [2.05, 4.69) is 207 Å². The molecular formula is C54H72Cl2SiZr. The van der Waals surface area contributed by atoms with Crippen LogP contribution >= 0.6 is 17.0 Å². The van der Waals surface area contributed by atoms with E-state index >= 15 is 0 Å². The third-order valence-electron chi connectivity index (χ3n) is 10.5. The van der Waals surface area contributed by atoms with Crippen molar-refractivity contribution in [2.45, 2.75) is 146 Å². The van der Waals surface area contributed by atoms with Gasteiger partial charge in [0.15, 0.2) is 0 Å². The monoisotopic (exact) mass is 908 g/mol. The van der Waals surface area contributed by atoms with E-state index in [4.69, 9.17) is 17.0 Å². The van der Waals surface area contributed by atoms with Crippen LogP contribution in [-0.2, 0) is 44.5 Å². The fourth-order valence-corrected chi connectivity index (χ4v) is 8.15. The van der Waals surface area contributed by atoms with Crippen LogP contribution in [0.15, 0.2) is 97.1 Å². The minimum atomic E-state index is -0.826. The zero-order valence-corrected chi connectivity index (χ0v) is 43.7. The predicted molar refractivity (Wildman–Crippen MR) is 262 cm³/mol. The van der Waals surface area contributed by atoms with Crippen LogP contribution in [0.4, 0.5) is 0 Å². The molecule has 0 aliphatic heterocycles. The molecule has 0 saturated heterocycles. The van der Waals surface area contributed by atoms with Crippen LogP contribution in [0.5, 0.6) is 0 Å². The first-order chi connectivity index (χ1) is 27.2. The summed E-state index contributed by atoms with van der Waals surface area (Å²) in [6.07, 6.45) is 2.29. The summed E-state index contributed by atoms with van der Waals surface area (Å²) in [5.41, 5.74) is 14.6. The third-order valence-corrected chi connectivity index (χ3v) is 10.5. The third kappa shape index (κ3) is 13.4. The summed E-state index contributed by atoms with van der Waals surface area (Å²) in [6.45, 7) is 36.6. The Balaban J connectivity index is 0.000000273. The van der Waals surface area contributed by atoms with E-state index in [1.807, 2.05) is 0 Å². The number of hydrogen-bond acceptors (Lipinski definition) is 0. The van der Waals surface area contributed by atoms with Crippen molar-refractivity contribution in [3.63, 3.8) is 0 Å². The normalized spacial score (nSPS) is 11.7. The summed E-state index contributed by atoms with van der Waals surface area (Å²) in [5.74, 6) is 2.39. The van der Waals surface area contributed by atoms with Gasteiger partial charge in [-0.2, -0.15) is 12.1 Å². The molecule has 58 heavy (non-hydrogen) atoms. The van der Waals surface area contributed by atoms with Crippen LogP contribution < -0.4 is 0 Å². The van der Waals surface area contributed by atoms with Crippen LogP contribution in [0, 0.1) is 11.8 Å². The molecule has 0 unspecified atom stereocenters. The number of benzene rings is 4. The maximum absolute atomic E-state index is 4.93. The molecule has 0 aliphatic carbocycles. The van der Waals surface area contributed by atoms with Crippen molar-refractivity contribution in [2.24, 2.45) is 11.8 Å². The van der Waals surface area contributed by atoms with E-state index in [9.17, 15) is 0 Å². The average Bonchev–Trinajstić information content (AvgIpc) is 3.73. The minimum absolute atomic E-state index is 0.114. The molecule has 0 aliphatic rings. The Labute approximate surface area is 376 Å². The Bertz CT molecular complexity index is 2010. The number of halogens is 2. The van der Waals surface area contributed by atoms with Gasteiger partial charge in [0.25, 0.3) is 0 Å². The molecular weight excluding hydrogens is 839 g/mol. The van der Waals surface area contributed by atoms with E-state index < -0.39 is 20.8 Å². The number of rotatable bonds is 8. The van der Waals surface area contributed by atoms with Crippen LogP contribution in [0.2, 0.25) is 13.1 Å². The van der Waals surface area contributed by atoms with Crippen molar-refractivity contribution in [1.82, 2.24) is 0 Å². The first-order valence-corrected chi connectivity index (χ1v) is 29.7. The van der Waals surface area contributed by atoms with Crippen molar-refractivity contribution in [3.8, 4) is 22.3 Å². The van der Waals surface area contributed by atoms with Gasteiger partial charge in [-0.1, -0.05) is 181 Å². The quantitative estimate of drug-likeness (QED) is 0.105. The molecule has 6 rings (SSSR count). The van der Waals surface area contributed by atoms with E-state index in [0.717, 1.165) is 22.4 Å². The summed E-state index contributed by atoms with van der Waals surface area (Å²) in [5, 5.41) is 5.59. The van der Waals surface area contributed by atoms with Crippen LogP contribution in [0.3, 0.4) is 0 Å². The molecule has 310 valence electrons. The van der Waals surface area contributed by atoms with Crippen molar-refractivity contribution in [2.75, 3.05) is 0 Å². The Morgan fingerprint density at radius 3 is 1.12 bits per heavy atom. The van der Waals surface area contributed by atoms with Gasteiger partial charge in [0.1, 0.15) is 0 Å². The van der Waals surface area contributed by atoms with Crippen LogP contribution in [-0.4, -0.2) is 9.52 Å². The van der Waals surface area contributed by atoms with E-state index in [1.165, 1.54) is 77.2 Å². The summed E-state index contributed by atoms with van der Waals surface area (Å²) >= 11 is -0.826. The van der Waals surface area contributed by atoms with Gasteiger partial charge in [0.05, 0.1) is 0 Å². The second-order valence-electron chi connectivity index (χ2n) is 19.5. The summed E-state index contributed by atoms with van der Waals surface area (Å²) in [7, 11) is 11.0. The SMILES string of the molecule is CC(C)Cc1cc2c(-c3ccccc3C(C)C)c(C(C)(C)C)ccc2[cH-]1.CC(C)Cc1cc2c(-c3ccccc3C(C)C)c(C(C)(C)C)ccc2[cH-]1.C[Si]C.[Cl][Zr+2][Cl]. The maximum atomic E-state index is 4.93. The molecule has 0 heterocycles. The van der Waals surface area contributed by atoms with E-state index in [1.54, 1.807) is 0 Å². The van der Waals surface area contributed by atoms with Gasteiger partial charge in [-0.25, -0.2) is 0 Å². The fourth-order valence-electron chi connectivity index (χ4n) is 8.15. The van der Waals surface area contributed by atoms with Gasteiger partial charge >= 0.3 is 37.9 Å². The second-order valence-corrected chi connectivity index (χ2v) is 24.2. The van der Waals surface area contributed by atoms with Crippen molar-refractivity contribution in [1.29, 1.82) is 0 Å². The Hall–Kier alpha value is -2.22. The first-order valence-electron chi connectivity index (χ1n) is 21.4. The second kappa shape index (κ2) is 22.6. The van der Waals surface area contributed by atoms with Crippen LogP contribution in [0.25, 0.3) is 43.8 Å². The molecule has 0 atom stereocenters. The molecule has 0 bridgehead atoms. The molecule has 0 N–H and O–H groups in total. The standard InChI is InChI=1S/2C26H33.C2H6Si.2ClH.Zr/c2*1-17(2)14-19-15-20-12-13-24(26(5,6)7)25(23(20)16-19)22-11-9-8-10-21(22)18(3)4;1-3-2;;;/h2*8-13,15-18H,14H2,1-7H3;1-2H3;2*1H;/q2*-1;;;;+4/p-2. The molecule has 0 fully saturated rings. The molecule has 6 aromatic rings. The Morgan fingerprint density at radius 1 is 0.534 bits per heavy atom. The fraction of sp³-hybridized carbons (Fsp3) is 0.444. The van der Waals surface area contributed by atoms with Gasteiger partial charge in [-0.05, 0) is 69.6 Å². The van der Waals surface area contributed by atoms with E-state index in [-0.39, 0.29) is 10.8 Å². The zero-order chi connectivity index (χ0) is 43.5. The molecule has 0 amide bonds. The molecule has 2 radical (unpaired) electrons. The molecule has 0 spiro atoms. The zero-order valence-electron chi connectivity index (χ0n) is 38.7. The van der Waals surface area contributed by atoms with Crippen molar-refractivity contribution >= 4 is 48.1 Å². The van der Waals surface area contributed by atoms with Gasteiger partial charge in [0, 0.05) is 9.52 Å². The van der Waals surface area contributed by atoms with Crippen molar-refractivity contribution in [3.05, 3.63) is 130 Å². The molecule has 0 saturated carbocycles. The first kappa shape index (κ1) is 50.1. The average molecular weight is 911 g/mol. The van der Waals surface area contributed by atoms with Crippen LogP contribution in [0.1, 0.15) is 142 Å². The van der Waals surface area contributed by atoms with Gasteiger partial charge < -0.3 is 0 Å². The number of fused-ring (bicyclic) bond motifs is 2. The van der Waals surface area contributed by atoms with Gasteiger partial charge in [-0.3, -0.25) is 0 Å². The van der Waals surface area contributed by atoms with Gasteiger partial charge in [0.2, 0.25) is 0 Å². The Morgan fingerprint density at radius 2 is 0.845 bits per heavy atom. The predicted octanol–water partition coefficient (Wildman–Crippen LogP) is 17.9. The Kier molecular flexibility index (Phi) is 19.5. The molecule has 0 aromatic heterocycles. The molecule has 0 nitrogen and oxygen atoms in total. The van der Waals surface area contributed by atoms with E-state index in [0.29, 0.717) is 23.7 Å². The summed E-state index contributed by atoms with van der Waals surface area (Å²) < 4.78 is 0. The molecule has 6 aromatic carbocycles.